The van der Waals surface area contributed by atoms with Crippen molar-refractivity contribution in [3.63, 3.8) is 0 Å². The summed E-state index contributed by atoms with van der Waals surface area (Å²) in [6, 6.07) is 2.75. The van der Waals surface area contributed by atoms with E-state index >= 15 is 0 Å². The fourth-order valence-electron chi connectivity index (χ4n) is 1.89. The number of nitriles is 1. The second-order valence-electron chi connectivity index (χ2n) is 4.86. The molecular weight excluding hydrogens is 411 g/mol. The molecule has 0 aliphatic carbocycles. The summed E-state index contributed by atoms with van der Waals surface area (Å²) >= 11 is 5.78. The van der Waals surface area contributed by atoms with E-state index in [1.165, 1.54) is 6.07 Å². The van der Waals surface area contributed by atoms with Crippen molar-refractivity contribution in [2.75, 3.05) is 0 Å². The van der Waals surface area contributed by atoms with Crippen molar-refractivity contribution in [1.82, 2.24) is 9.55 Å². The Morgan fingerprint density at radius 3 is 2.30 bits per heavy atom. The first-order valence-corrected chi connectivity index (χ1v) is 6.99. The quantitative estimate of drug-likeness (QED) is 0.708. The van der Waals surface area contributed by atoms with Crippen LogP contribution in [0.3, 0.4) is 0 Å². The predicted octanol–water partition coefficient (Wildman–Crippen LogP) is 4.01. The molecule has 0 bridgehead atoms. The molecule has 0 spiro atoms. The van der Waals surface area contributed by atoms with Gasteiger partial charge in [0.1, 0.15) is 18.1 Å². The molecule has 2 rings (SSSR count). The highest BCUT2D eigenvalue weighted by molar-refractivity contribution is 6.32. The molecule has 0 saturated carbocycles. The minimum absolute atomic E-state index is 0.132. The lowest BCUT2D eigenvalue weighted by Crippen LogP contribution is -2.33. The van der Waals surface area contributed by atoms with Gasteiger partial charge in [-0.2, -0.15) is 36.0 Å². The molecule has 0 aliphatic rings. The third-order valence-corrected chi connectivity index (χ3v) is 3.29. The summed E-state index contributed by atoms with van der Waals surface area (Å²) in [4.78, 5) is 14.9. The summed E-state index contributed by atoms with van der Waals surface area (Å²) in [5.74, 6) is -0.918. The Morgan fingerprint density at radius 1 is 1.19 bits per heavy atom. The van der Waals surface area contributed by atoms with Crippen molar-refractivity contribution in [2.45, 2.75) is 18.7 Å². The second kappa shape index (κ2) is 7.07. The van der Waals surface area contributed by atoms with Gasteiger partial charge >= 0.3 is 18.7 Å². The number of nitrogens with zero attached hydrogens (tertiary/aromatic N) is 3. The fraction of sp³-hybridized carbons (Fsp3) is 0.214. The lowest BCUT2D eigenvalue weighted by atomic mass is 10.1. The number of hydrogen-bond donors (Lipinski definition) is 0. The van der Waals surface area contributed by atoms with Gasteiger partial charge in [-0.1, -0.05) is 11.6 Å². The van der Waals surface area contributed by atoms with Gasteiger partial charge in [0.15, 0.2) is 5.69 Å². The van der Waals surface area contributed by atoms with E-state index in [0.29, 0.717) is 23.0 Å². The number of hydrogen-bond acceptors (Lipinski definition) is 4. The van der Waals surface area contributed by atoms with Crippen molar-refractivity contribution in [2.24, 2.45) is 0 Å². The highest BCUT2D eigenvalue weighted by atomic mass is 35.5. The first-order valence-electron chi connectivity index (χ1n) is 6.61. The van der Waals surface area contributed by atoms with Gasteiger partial charge in [0.05, 0.1) is 16.3 Å². The van der Waals surface area contributed by atoms with Crippen LogP contribution in [0.2, 0.25) is 5.02 Å². The minimum atomic E-state index is -4.90. The molecule has 0 aliphatic heterocycles. The van der Waals surface area contributed by atoms with Crippen molar-refractivity contribution in [1.29, 1.82) is 5.26 Å². The maximum atomic E-state index is 13.0. The highest BCUT2D eigenvalue weighted by Gasteiger charge is 2.44. The van der Waals surface area contributed by atoms with Crippen molar-refractivity contribution in [3.05, 3.63) is 51.2 Å². The molecule has 0 amide bonds. The zero-order chi connectivity index (χ0) is 20.6. The van der Waals surface area contributed by atoms with Gasteiger partial charge < -0.3 is 4.74 Å². The molecule has 1 aromatic carbocycles. The second-order valence-corrected chi connectivity index (χ2v) is 5.26. The van der Waals surface area contributed by atoms with Crippen LogP contribution >= 0.6 is 11.6 Å². The molecule has 0 atom stereocenters. The largest absolute Gasteiger partial charge is 0.461 e. The van der Waals surface area contributed by atoms with Gasteiger partial charge in [-0.25, -0.2) is 4.98 Å². The zero-order valence-electron chi connectivity index (χ0n) is 12.6. The van der Waals surface area contributed by atoms with E-state index in [0.717, 1.165) is 0 Å². The van der Waals surface area contributed by atoms with E-state index in [1.807, 2.05) is 0 Å². The highest BCUT2D eigenvalue weighted by Crippen LogP contribution is 2.34. The Kier molecular flexibility index (Phi) is 5.37. The van der Waals surface area contributed by atoms with Crippen LogP contribution in [0.4, 0.5) is 30.7 Å². The maximum Gasteiger partial charge on any atom is 0.461 e. The molecule has 13 heteroatoms. The Bertz CT molecular complexity index is 967. The Morgan fingerprint density at radius 2 is 1.81 bits per heavy atom. The monoisotopic (exact) mass is 415 g/mol. The van der Waals surface area contributed by atoms with E-state index in [-0.39, 0.29) is 6.07 Å². The zero-order valence-corrected chi connectivity index (χ0v) is 13.3. The first-order chi connectivity index (χ1) is 12.4. The van der Waals surface area contributed by atoms with E-state index < -0.39 is 52.0 Å². The summed E-state index contributed by atoms with van der Waals surface area (Å²) in [5, 5.41) is 8.50. The van der Waals surface area contributed by atoms with Crippen LogP contribution in [0.5, 0.6) is 5.75 Å². The van der Waals surface area contributed by atoms with E-state index in [9.17, 15) is 35.5 Å². The lowest BCUT2D eigenvalue weighted by molar-refractivity contribution is -0.253. The molecule has 0 N–H and O–H groups in total. The minimum Gasteiger partial charge on any atom is -0.428 e. The Balaban J connectivity index is 2.57. The van der Waals surface area contributed by atoms with Crippen molar-refractivity contribution < 1.29 is 35.5 Å². The summed E-state index contributed by atoms with van der Waals surface area (Å²) in [5.41, 5.74) is -3.87. The normalized spacial score (nSPS) is 12.1. The molecule has 5 nitrogen and oxygen atoms in total. The number of alkyl halides is 7. The average molecular weight is 416 g/mol. The topological polar surface area (TPSA) is 67.9 Å². The molecule has 1 heterocycles. The number of ether oxygens (including phenoxy) is 1. The standard InChI is InChI=1S/C14H5ClF7N3O2/c15-8-2-7(27-14(21,22)12(16)17)1-6(4-23)11(8)25-5-24-9(3-10(25)26)13(18,19)20/h1-3,5,12H. The van der Waals surface area contributed by atoms with Gasteiger partial charge in [0, 0.05) is 18.2 Å². The SMILES string of the molecule is N#Cc1cc(OC(F)(F)C(F)F)cc(Cl)c1-n1cnc(C(F)(F)F)cc1=O. The van der Waals surface area contributed by atoms with Crippen LogP contribution in [0.15, 0.2) is 29.3 Å². The van der Waals surface area contributed by atoms with Crippen LogP contribution < -0.4 is 10.3 Å². The lowest BCUT2D eigenvalue weighted by Gasteiger charge is -2.18. The average Bonchev–Trinajstić information content (AvgIpc) is 2.53. The summed E-state index contributed by atoms with van der Waals surface area (Å²) in [6.07, 6.45) is -13.5. The first kappa shape index (κ1) is 20.5. The number of halogens is 8. The molecular formula is C14H5ClF7N3O2. The fourth-order valence-corrected chi connectivity index (χ4v) is 2.19. The van der Waals surface area contributed by atoms with Gasteiger partial charge in [-0.15, -0.1) is 0 Å². The molecule has 1 aromatic heterocycles. The summed E-state index contributed by atoms with van der Waals surface area (Å²) < 4.78 is 92.3. The van der Waals surface area contributed by atoms with Gasteiger partial charge in [-0.3, -0.25) is 9.36 Å². The predicted molar refractivity (Wildman–Crippen MR) is 76.1 cm³/mol. The van der Waals surface area contributed by atoms with Gasteiger partial charge in [0.2, 0.25) is 0 Å². The van der Waals surface area contributed by atoms with E-state index in [4.69, 9.17) is 16.9 Å². The molecule has 0 fully saturated rings. The van der Waals surface area contributed by atoms with Crippen LogP contribution in [-0.2, 0) is 6.18 Å². The molecule has 0 unspecified atom stereocenters. The van der Waals surface area contributed by atoms with Gasteiger partial charge in [-0.05, 0) is 0 Å². The third kappa shape index (κ3) is 4.30. The molecule has 2 aromatic rings. The third-order valence-electron chi connectivity index (χ3n) is 3.01. The molecule has 27 heavy (non-hydrogen) atoms. The Hall–Kier alpha value is -2.81. The molecule has 0 saturated heterocycles. The van der Waals surface area contributed by atoms with Crippen LogP contribution in [0, 0.1) is 11.3 Å². The van der Waals surface area contributed by atoms with E-state index in [1.54, 1.807) is 0 Å². The number of benzene rings is 1. The molecule has 0 radical (unpaired) electrons. The van der Waals surface area contributed by atoms with Crippen molar-refractivity contribution in [3.8, 4) is 17.5 Å². The number of aromatic nitrogens is 2. The summed E-state index contributed by atoms with van der Waals surface area (Å²) in [7, 11) is 0. The Labute approximate surface area is 150 Å². The van der Waals surface area contributed by atoms with Gasteiger partial charge in [0.25, 0.3) is 5.56 Å². The number of rotatable bonds is 4. The van der Waals surface area contributed by atoms with Crippen LogP contribution in [-0.4, -0.2) is 22.1 Å². The summed E-state index contributed by atoms with van der Waals surface area (Å²) in [6.45, 7) is 0. The maximum absolute atomic E-state index is 13.0. The van der Waals surface area contributed by atoms with Crippen LogP contribution in [0.25, 0.3) is 5.69 Å². The smallest absolute Gasteiger partial charge is 0.428 e. The molecule has 144 valence electrons. The van der Waals surface area contributed by atoms with Crippen molar-refractivity contribution >= 4 is 11.6 Å². The van der Waals surface area contributed by atoms with E-state index in [2.05, 4.69) is 9.72 Å². The van der Waals surface area contributed by atoms with Crippen LogP contribution in [0.1, 0.15) is 11.3 Å².